The van der Waals surface area contributed by atoms with E-state index in [0.29, 0.717) is 13.2 Å². The molecule has 5 heteroatoms. The molecule has 2 rings (SSSR count). The lowest BCUT2D eigenvalue weighted by atomic mass is 10.2. The number of aryl methyl sites for hydroxylation is 1. The van der Waals surface area contributed by atoms with E-state index < -0.39 is 0 Å². The van der Waals surface area contributed by atoms with Crippen LogP contribution < -0.4 is 10.5 Å². The van der Waals surface area contributed by atoms with Gasteiger partial charge in [0.05, 0.1) is 6.61 Å². The Labute approximate surface area is 117 Å². The average molecular weight is 275 g/mol. The van der Waals surface area contributed by atoms with Crippen molar-refractivity contribution in [3.05, 3.63) is 47.8 Å². The van der Waals surface area contributed by atoms with Crippen molar-refractivity contribution in [2.45, 2.75) is 18.6 Å². The van der Waals surface area contributed by atoms with Gasteiger partial charge in [-0.1, -0.05) is 23.9 Å². The van der Waals surface area contributed by atoms with Gasteiger partial charge in [0.1, 0.15) is 5.75 Å². The summed E-state index contributed by atoms with van der Waals surface area (Å²) >= 11 is 1.59. The lowest BCUT2D eigenvalue weighted by molar-refractivity contribution is 0.344. The molecule has 0 amide bonds. The summed E-state index contributed by atoms with van der Waals surface area (Å²) in [6.07, 6.45) is 3.64. The monoisotopic (exact) mass is 275 g/mol. The van der Waals surface area contributed by atoms with Crippen molar-refractivity contribution in [3.63, 3.8) is 0 Å². The van der Waals surface area contributed by atoms with E-state index in [0.717, 1.165) is 27.8 Å². The Hall–Kier alpha value is -1.59. The van der Waals surface area contributed by atoms with Gasteiger partial charge >= 0.3 is 0 Å². The van der Waals surface area contributed by atoms with Crippen molar-refractivity contribution in [1.29, 1.82) is 0 Å². The van der Waals surface area contributed by atoms with Crippen LogP contribution in [0.4, 0.5) is 0 Å². The molecule has 1 heterocycles. The molecule has 2 aromatic rings. The van der Waals surface area contributed by atoms with E-state index in [4.69, 9.17) is 10.5 Å². The molecule has 0 spiro atoms. The second-order valence-electron chi connectivity index (χ2n) is 4.09. The minimum Gasteiger partial charge on any atom is -0.493 e. The summed E-state index contributed by atoms with van der Waals surface area (Å²) in [5.41, 5.74) is 7.71. The second-order valence-corrected chi connectivity index (χ2v) is 5.15. The number of aromatic nitrogens is 2. The Morgan fingerprint density at radius 1 is 1.16 bits per heavy atom. The van der Waals surface area contributed by atoms with Crippen LogP contribution in [-0.4, -0.2) is 22.3 Å². The van der Waals surface area contributed by atoms with Gasteiger partial charge in [0, 0.05) is 24.7 Å². The van der Waals surface area contributed by atoms with E-state index >= 15 is 0 Å². The molecule has 0 atom stereocenters. The molecule has 0 aliphatic heterocycles. The third-order valence-electron chi connectivity index (χ3n) is 2.50. The first kappa shape index (κ1) is 13.8. The number of thioether (sulfide) groups is 1. The molecule has 0 aliphatic rings. The third kappa shape index (κ3) is 4.54. The fourth-order valence-corrected chi connectivity index (χ4v) is 2.07. The van der Waals surface area contributed by atoms with Crippen LogP contribution in [0.5, 0.6) is 5.75 Å². The highest BCUT2D eigenvalue weighted by molar-refractivity contribution is 7.99. The van der Waals surface area contributed by atoms with E-state index in [-0.39, 0.29) is 0 Å². The van der Waals surface area contributed by atoms with E-state index in [1.54, 1.807) is 11.8 Å². The van der Waals surface area contributed by atoms with Crippen molar-refractivity contribution >= 4 is 11.8 Å². The Kier molecular flexibility index (Phi) is 5.18. The molecule has 0 saturated carbocycles. The van der Waals surface area contributed by atoms with Crippen molar-refractivity contribution in [3.8, 4) is 5.75 Å². The predicted molar refractivity (Wildman–Crippen MR) is 77.3 cm³/mol. The number of hydrogen-bond acceptors (Lipinski definition) is 5. The summed E-state index contributed by atoms with van der Waals surface area (Å²) in [5.74, 6) is 1.68. The lowest BCUT2D eigenvalue weighted by Crippen LogP contribution is -2.01. The highest BCUT2D eigenvalue weighted by atomic mass is 32.2. The van der Waals surface area contributed by atoms with Crippen molar-refractivity contribution < 1.29 is 4.74 Å². The normalized spacial score (nSPS) is 10.4. The lowest BCUT2D eigenvalue weighted by Gasteiger charge is -2.06. The Morgan fingerprint density at radius 2 is 1.84 bits per heavy atom. The number of hydrogen-bond donors (Lipinski definition) is 1. The molecule has 19 heavy (non-hydrogen) atoms. The summed E-state index contributed by atoms with van der Waals surface area (Å²) in [7, 11) is 0. The molecule has 0 fully saturated rings. The maximum Gasteiger partial charge on any atom is 0.187 e. The van der Waals surface area contributed by atoms with Gasteiger partial charge in [-0.05, 0) is 30.2 Å². The summed E-state index contributed by atoms with van der Waals surface area (Å²) in [6, 6.07) is 7.83. The smallest absolute Gasteiger partial charge is 0.187 e. The summed E-state index contributed by atoms with van der Waals surface area (Å²) in [4.78, 5) is 8.46. The first-order chi connectivity index (χ1) is 9.28. The van der Waals surface area contributed by atoms with Crippen LogP contribution in [-0.2, 0) is 6.54 Å². The molecule has 0 radical (unpaired) electrons. The molecule has 0 unspecified atom stereocenters. The Balaban J connectivity index is 1.72. The van der Waals surface area contributed by atoms with E-state index in [9.17, 15) is 0 Å². The largest absolute Gasteiger partial charge is 0.493 e. The number of nitrogens with two attached hydrogens (primary N) is 1. The Morgan fingerprint density at radius 3 is 2.47 bits per heavy atom. The van der Waals surface area contributed by atoms with Crippen LogP contribution in [0.2, 0.25) is 0 Å². The molecule has 1 aromatic heterocycles. The van der Waals surface area contributed by atoms with Crippen LogP contribution in [0.15, 0.2) is 41.8 Å². The molecule has 1 aromatic carbocycles. The van der Waals surface area contributed by atoms with Gasteiger partial charge in [0.15, 0.2) is 5.16 Å². The van der Waals surface area contributed by atoms with E-state index in [1.165, 1.54) is 0 Å². The maximum atomic E-state index is 5.63. The maximum absolute atomic E-state index is 5.63. The topological polar surface area (TPSA) is 61.0 Å². The van der Waals surface area contributed by atoms with Crippen LogP contribution in [0.3, 0.4) is 0 Å². The van der Waals surface area contributed by atoms with Gasteiger partial charge < -0.3 is 10.5 Å². The summed E-state index contributed by atoms with van der Waals surface area (Å²) in [5, 5.41) is 0.785. The van der Waals surface area contributed by atoms with Crippen molar-refractivity contribution in [2.75, 3.05) is 12.4 Å². The molecule has 0 aliphatic carbocycles. The molecule has 2 N–H and O–H groups in total. The van der Waals surface area contributed by atoms with Crippen LogP contribution in [0.25, 0.3) is 0 Å². The summed E-state index contributed by atoms with van der Waals surface area (Å²) in [6.45, 7) is 3.16. The van der Waals surface area contributed by atoms with Gasteiger partial charge in [-0.15, -0.1) is 0 Å². The van der Waals surface area contributed by atoms with E-state index in [2.05, 4.69) is 9.97 Å². The van der Waals surface area contributed by atoms with Crippen LogP contribution in [0, 0.1) is 6.92 Å². The molecular formula is C14H17N3OS. The SMILES string of the molecule is Cc1cnc(SCCOc2ccc(CN)cc2)nc1. The second kappa shape index (κ2) is 7.11. The first-order valence-electron chi connectivity index (χ1n) is 6.11. The highest BCUT2D eigenvalue weighted by Crippen LogP contribution is 2.14. The third-order valence-corrected chi connectivity index (χ3v) is 3.34. The molecular weight excluding hydrogens is 258 g/mol. The van der Waals surface area contributed by atoms with Crippen molar-refractivity contribution in [1.82, 2.24) is 9.97 Å². The molecule has 4 nitrogen and oxygen atoms in total. The fraction of sp³-hybridized carbons (Fsp3) is 0.286. The standard InChI is InChI=1S/C14H17N3OS/c1-11-9-16-14(17-10-11)19-7-6-18-13-4-2-12(8-15)3-5-13/h2-5,9-10H,6-8,15H2,1H3. The molecule has 0 saturated heterocycles. The van der Waals surface area contributed by atoms with Gasteiger partial charge in [0.25, 0.3) is 0 Å². The fourth-order valence-electron chi connectivity index (χ4n) is 1.47. The van der Waals surface area contributed by atoms with Gasteiger partial charge in [0.2, 0.25) is 0 Å². The van der Waals surface area contributed by atoms with E-state index in [1.807, 2.05) is 43.6 Å². The summed E-state index contributed by atoms with van der Waals surface area (Å²) < 4.78 is 5.63. The molecule has 0 bridgehead atoms. The van der Waals surface area contributed by atoms with Gasteiger partial charge in [-0.3, -0.25) is 0 Å². The number of ether oxygens (including phenoxy) is 1. The van der Waals surface area contributed by atoms with Crippen LogP contribution in [0.1, 0.15) is 11.1 Å². The zero-order valence-corrected chi connectivity index (χ0v) is 11.7. The van der Waals surface area contributed by atoms with Gasteiger partial charge in [-0.25, -0.2) is 9.97 Å². The number of nitrogens with zero attached hydrogens (tertiary/aromatic N) is 2. The van der Waals surface area contributed by atoms with Crippen molar-refractivity contribution in [2.24, 2.45) is 5.73 Å². The number of rotatable bonds is 6. The van der Waals surface area contributed by atoms with Gasteiger partial charge in [-0.2, -0.15) is 0 Å². The minimum absolute atomic E-state index is 0.556. The average Bonchev–Trinajstić information content (AvgIpc) is 2.46. The minimum atomic E-state index is 0.556. The first-order valence-corrected chi connectivity index (χ1v) is 7.10. The quantitative estimate of drug-likeness (QED) is 0.498. The molecule has 100 valence electrons. The highest BCUT2D eigenvalue weighted by Gasteiger charge is 1.98. The zero-order chi connectivity index (χ0) is 13.5. The van der Waals surface area contributed by atoms with Crippen LogP contribution >= 0.6 is 11.8 Å². The predicted octanol–water partition coefficient (Wildman–Crippen LogP) is 2.41. The Bertz CT molecular complexity index is 499. The number of benzene rings is 1. The zero-order valence-electron chi connectivity index (χ0n) is 10.9.